The van der Waals surface area contributed by atoms with Crippen LogP contribution in [0.1, 0.15) is 42.1 Å². The van der Waals surface area contributed by atoms with Crippen LogP contribution in [0.4, 0.5) is 24.5 Å². The Kier molecular flexibility index (Phi) is 8.42. The third kappa shape index (κ3) is 6.70. The van der Waals surface area contributed by atoms with Crippen molar-refractivity contribution in [2.24, 2.45) is 0 Å². The zero-order chi connectivity index (χ0) is 23.0. The van der Waals surface area contributed by atoms with Crippen molar-refractivity contribution in [2.45, 2.75) is 31.5 Å². The van der Waals surface area contributed by atoms with Gasteiger partial charge in [0, 0.05) is 36.6 Å². The zero-order valence-electron chi connectivity index (χ0n) is 17.1. The van der Waals surface area contributed by atoms with E-state index in [1.54, 1.807) is 12.1 Å². The van der Waals surface area contributed by atoms with Gasteiger partial charge in [-0.25, -0.2) is 0 Å². The maximum atomic E-state index is 13.7. The van der Waals surface area contributed by atoms with Gasteiger partial charge in [0.05, 0.1) is 24.7 Å². The van der Waals surface area contributed by atoms with E-state index >= 15 is 0 Å². The number of carboxylic acids is 1. The quantitative estimate of drug-likeness (QED) is 0.535. The number of methoxy groups -OCH3 is 1. The van der Waals surface area contributed by atoms with Crippen LogP contribution in [-0.4, -0.2) is 37.6 Å². The largest absolute Gasteiger partial charge is 0.481 e. The van der Waals surface area contributed by atoms with Gasteiger partial charge in [0.25, 0.3) is 0 Å². The fraction of sp³-hybridized carbons (Fsp3) is 0.364. The zero-order valence-corrected chi connectivity index (χ0v) is 17.1. The highest BCUT2D eigenvalue weighted by Crippen LogP contribution is 2.41. The lowest BCUT2D eigenvalue weighted by Crippen LogP contribution is -2.24. The molecule has 0 aliphatic rings. The van der Waals surface area contributed by atoms with Crippen molar-refractivity contribution in [3.8, 4) is 6.07 Å². The standard InChI is InChI=1S/C22H23F3N2O4/c1-3-31-21(22(23,24)25)18-9-6-15(16(13-30-2)11-20(28)29)10-19(18)27-17-7-4-14(12-26)5-8-17/h4-10,16,21,27H,3,11,13H2,1-2H3,(H,28,29)/t16?,21-/m1/s1. The van der Waals surface area contributed by atoms with Crippen LogP contribution >= 0.6 is 0 Å². The molecule has 0 fully saturated rings. The Balaban J connectivity index is 2.55. The Labute approximate surface area is 178 Å². The lowest BCUT2D eigenvalue weighted by atomic mass is 9.93. The summed E-state index contributed by atoms with van der Waals surface area (Å²) in [6.45, 7) is 1.42. The predicted molar refractivity (Wildman–Crippen MR) is 108 cm³/mol. The summed E-state index contributed by atoms with van der Waals surface area (Å²) in [7, 11) is 1.42. The normalized spacial score (nSPS) is 13.3. The predicted octanol–water partition coefficient (Wildman–Crippen LogP) is 5.15. The number of hydrogen-bond acceptors (Lipinski definition) is 5. The molecule has 0 amide bonds. The molecular weight excluding hydrogens is 413 g/mol. The second kappa shape index (κ2) is 10.8. The van der Waals surface area contributed by atoms with Crippen molar-refractivity contribution in [3.63, 3.8) is 0 Å². The van der Waals surface area contributed by atoms with E-state index in [4.69, 9.17) is 14.7 Å². The van der Waals surface area contributed by atoms with Gasteiger partial charge in [-0.1, -0.05) is 12.1 Å². The summed E-state index contributed by atoms with van der Waals surface area (Å²) in [4.78, 5) is 11.2. The molecule has 0 bridgehead atoms. The molecule has 0 aliphatic carbocycles. The SMILES string of the molecule is CCO[C@H](c1ccc(C(COC)CC(=O)O)cc1Nc1ccc(C#N)cc1)C(F)(F)F. The fourth-order valence-electron chi connectivity index (χ4n) is 3.16. The van der Waals surface area contributed by atoms with Crippen molar-refractivity contribution in [1.82, 2.24) is 0 Å². The van der Waals surface area contributed by atoms with Gasteiger partial charge >= 0.3 is 12.1 Å². The summed E-state index contributed by atoms with van der Waals surface area (Å²) < 4.78 is 51.1. The number of nitriles is 1. The molecule has 0 aromatic heterocycles. The van der Waals surface area contributed by atoms with Gasteiger partial charge in [-0.05, 0) is 42.8 Å². The number of carbonyl (C=O) groups is 1. The van der Waals surface area contributed by atoms with Gasteiger partial charge in [0.2, 0.25) is 0 Å². The Morgan fingerprint density at radius 1 is 1.23 bits per heavy atom. The molecule has 2 atom stereocenters. The van der Waals surface area contributed by atoms with Gasteiger partial charge in [0.15, 0.2) is 6.10 Å². The minimum Gasteiger partial charge on any atom is -0.481 e. The molecule has 9 heteroatoms. The number of hydrogen-bond donors (Lipinski definition) is 2. The van der Waals surface area contributed by atoms with Crippen LogP contribution in [0.15, 0.2) is 42.5 Å². The highest BCUT2D eigenvalue weighted by molar-refractivity contribution is 5.69. The number of carboxylic acid groups (broad SMARTS) is 1. The van der Waals surface area contributed by atoms with Crippen molar-refractivity contribution >= 4 is 17.3 Å². The van der Waals surface area contributed by atoms with Crippen LogP contribution in [0.2, 0.25) is 0 Å². The first kappa shape index (κ1) is 24.2. The minimum absolute atomic E-state index is 0.0934. The summed E-state index contributed by atoms with van der Waals surface area (Å²) in [5.41, 5.74) is 1.39. The maximum absolute atomic E-state index is 13.7. The van der Waals surface area contributed by atoms with E-state index in [2.05, 4.69) is 5.32 Å². The molecule has 2 rings (SSSR count). The molecule has 2 aromatic rings. The van der Waals surface area contributed by atoms with Gasteiger partial charge in [-0.2, -0.15) is 18.4 Å². The number of aliphatic carboxylic acids is 1. The van der Waals surface area contributed by atoms with Crippen molar-refractivity contribution < 1.29 is 32.5 Å². The Morgan fingerprint density at radius 3 is 2.42 bits per heavy atom. The van der Waals surface area contributed by atoms with Gasteiger partial charge in [-0.15, -0.1) is 0 Å². The first-order chi connectivity index (χ1) is 14.7. The van der Waals surface area contributed by atoms with E-state index in [1.165, 1.54) is 44.4 Å². The van der Waals surface area contributed by atoms with E-state index in [-0.39, 0.29) is 30.9 Å². The first-order valence-electron chi connectivity index (χ1n) is 9.49. The van der Waals surface area contributed by atoms with E-state index in [9.17, 15) is 23.1 Å². The van der Waals surface area contributed by atoms with Crippen LogP contribution in [-0.2, 0) is 14.3 Å². The molecule has 0 aliphatic heterocycles. The van der Waals surface area contributed by atoms with E-state index in [1.807, 2.05) is 6.07 Å². The van der Waals surface area contributed by atoms with Gasteiger partial charge in [0.1, 0.15) is 0 Å². The molecule has 1 unspecified atom stereocenters. The van der Waals surface area contributed by atoms with Crippen LogP contribution in [0.5, 0.6) is 0 Å². The molecule has 2 N–H and O–H groups in total. The van der Waals surface area contributed by atoms with Gasteiger partial charge < -0.3 is 19.9 Å². The third-order valence-corrected chi connectivity index (χ3v) is 4.54. The molecule has 166 valence electrons. The lowest BCUT2D eigenvalue weighted by Gasteiger charge is -2.25. The second-order valence-corrected chi connectivity index (χ2v) is 6.79. The smallest absolute Gasteiger partial charge is 0.418 e. The van der Waals surface area contributed by atoms with Crippen molar-refractivity contribution in [3.05, 3.63) is 59.2 Å². The van der Waals surface area contributed by atoms with Crippen LogP contribution in [0.25, 0.3) is 0 Å². The van der Waals surface area contributed by atoms with Crippen molar-refractivity contribution in [1.29, 1.82) is 5.26 Å². The number of anilines is 2. The average molecular weight is 436 g/mol. The molecule has 0 heterocycles. The topological polar surface area (TPSA) is 91.6 Å². The van der Waals surface area contributed by atoms with E-state index in [0.29, 0.717) is 16.8 Å². The molecule has 2 aromatic carbocycles. The van der Waals surface area contributed by atoms with E-state index < -0.39 is 24.2 Å². The number of nitrogens with zero attached hydrogens (tertiary/aromatic N) is 1. The Bertz CT molecular complexity index is 924. The molecular formula is C22H23F3N2O4. The summed E-state index contributed by atoms with van der Waals surface area (Å²) in [6, 6.07) is 12.4. The molecule has 0 radical (unpaired) electrons. The van der Waals surface area contributed by atoms with Crippen molar-refractivity contribution in [2.75, 3.05) is 25.6 Å². The van der Waals surface area contributed by atoms with Gasteiger partial charge in [-0.3, -0.25) is 4.79 Å². The number of halogens is 3. The molecule has 6 nitrogen and oxygen atoms in total. The monoisotopic (exact) mass is 436 g/mol. The summed E-state index contributed by atoms with van der Waals surface area (Å²) in [5.74, 6) is -1.59. The number of ether oxygens (including phenoxy) is 2. The van der Waals surface area contributed by atoms with E-state index in [0.717, 1.165) is 0 Å². The molecule has 0 saturated carbocycles. The number of nitrogens with one attached hydrogen (secondary N) is 1. The maximum Gasteiger partial charge on any atom is 0.418 e. The highest BCUT2D eigenvalue weighted by Gasteiger charge is 2.43. The van der Waals surface area contributed by atoms with Crippen LogP contribution in [0, 0.1) is 11.3 Å². The molecule has 0 spiro atoms. The summed E-state index contributed by atoms with van der Waals surface area (Å²) >= 11 is 0. The highest BCUT2D eigenvalue weighted by atomic mass is 19.4. The Hall–Kier alpha value is -3.09. The number of alkyl halides is 3. The number of rotatable bonds is 10. The minimum atomic E-state index is -4.65. The molecule has 31 heavy (non-hydrogen) atoms. The second-order valence-electron chi connectivity index (χ2n) is 6.79. The van der Waals surface area contributed by atoms with Crippen LogP contribution < -0.4 is 5.32 Å². The Morgan fingerprint density at radius 2 is 1.90 bits per heavy atom. The van der Waals surface area contributed by atoms with Crippen LogP contribution in [0.3, 0.4) is 0 Å². The fourth-order valence-corrected chi connectivity index (χ4v) is 3.16. The first-order valence-corrected chi connectivity index (χ1v) is 9.49. The number of benzene rings is 2. The molecule has 0 saturated heterocycles. The summed E-state index contributed by atoms with van der Waals surface area (Å²) in [5, 5.41) is 21.1. The third-order valence-electron chi connectivity index (χ3n) is 4.54. The average Bonchev–Trinajstić information content (AvgIpc) is 2.71. The lowest BCUT2D eigenvalue weighted by molar-refractivity contribution is -0.222. The summed E-state index contributed by atoms with van der Waals surface area (Å²) in [6.07, 6.45) is -7.05.